The number of nitrogens with two attached hydrogens (primary N) is 1. The van der Waals surface area contributed by atoms with Crippen LogP contribution < -0.4 is 5.73 Å². The van der Waals surface area contributed by atoms with Crippen molar-refractivity contribution >= 4 is 0 Å². The first kappa shape index (κ1) is 14.4. The van der Waals surface area contributed by atoms with E-state index in [0.717, 1.165) is 24.3 Å². The van der Waals surface area contributed by atoms with Crippen molar-refractivity contribution in [1.82, 2.24) is 0 Å². The largest absolute Gasteiger partial charge is 0.330 e. The van der Waals surface area contributed by atoms with Crippen molar-refractivity contribution in [2.75, 3.05) is 6.54 Å². The smallest absolute Gasteiger partial charge is 0.00205 e. The predicted octanol–water partition coefficient (Wildman–Crippen LogP) is 4.75. The number of hydrogen-bond donors (Lipinski definition) is 1. The van der Waals surface area contributed by atoms with Gasteiger partial charge in [-0.05, 0) is 68.2 Å². The quantitative estimate of drug-likeness (QED) is 0.750. The Balaban J connectivity index is 1.80. The van der Waals surface area contributed by atoms with Crippen molar-refractivity contribution in [3.05, 3.63) is 0 Å². The van der Waals surface area contributed by atoms with Gasteiger partial charge in [0.05, 0.1) is 0 Å². The third kappa shape index (κ3) is 3.50. The maximum atomic E-state index is 6.14. The van der Waals surface area contributed by atoms with E-state index in [1.54, 1.807) is 0 Å². The Bertz CT molecular complexity index is 232. The Morgan fingerprint density at radius 2 is 1.67 bits per heavy atom. The third-order valence-electron chi connectivity index (χ3n) is 6.02. The molecule has 106 valence electrons. The monoisotopic (exact) mass is 251 g/mol. The van der Waals surface area contributed by atoms with Crippen LogP contribution in [0.4, 0.5) is 0 Å². The minimum absolute atomic E-state index is 0.522. The molecular formula is C17H33N. The maximum Gasteiger partial charge on any atom is -0.00205 e. The standard InChI is InChI=1S/C17H33N/c1-14(2)16-8-11-17(13-18,12-9-16)10-7-15-5-3-4-6-15/h14-16H,3-13,18H2,1-2H3. The zero-order valence-corrected chi connectivity index (χ0v) is 12.6. The van der Waals surface area contributed by atoms with Gasteiger partial charge in [0.1, 0.15) is 0 Å². The first-order valence-corrected chi connectivity index (χ1v) is 8.35. The summed E-state index contributed by atoms with van der Waals surface area (Å²) in [6.07, 6.45) is 14.5. The molecule has 2 fully saturated rings. The van der Waals surface area contributed by atoms with Crippen molar-refractivity contribution in [1.29, 1.82) is 0 Å². The summed E-state index contributed by atoms with van der Waals surface area (Å²) >= 11 is 0. The van der Waals surface area contributed by atoms with Crippen LogP contribution in [-0.4, -0.2) is 6.54 Å². The molecule has 2 aliphatic rings. The van der Waals surface area contributed by atoms with E-state index >= 15 is 0 Å². The lowest BCUT2D eigenvalue weighted by Gasteiger charge is -2.41. The summed E-state index contributed by atoms with van der Waals surface area (Å²) in [4.78, 5) is 0. The zero-order valence-electron chi connectivity index (χ0n) is 12.6. The Kier molecular flexibility index (Phi) is 5.12. The van der Waals surface area contributed by atoms with Crippen LogP contribution in [0.1, 0.15) is 78.1 Å². The number of hydrogen-bond acceptors (Lipinski definition) is 1. The highest BCUT2D eigenvalue weighted by Gasteiger charge is 2.35. The fraction of sp³-hybridized carbons (Fsp3) is 1.00. The minimum atomic E-state index is 0.522. The van der Waals surface area contributed by atoms with Crippen LogP contribution in [0.25, 0.3) is 0 Å². The second-order valence-electron chi connectivity index (χ2n) is 7.47. The van der Waals surface area contributed by atoms with Gasteiger partial charge in [0.25, 0.3) is 0 Å². The van der Waals surface area contributed by atoms with Crippen molar-refractivity contribution < 1.29 is 0 Å². The van der Waals surface area contributed by atoms with Gasteiger partial charge in [0.15, 0.2) is 0 Å². The Morgan fingerprint density at radius 1 is 1.06 bits per heavy atom. The molecule has 2 saturated carbocycles. The Labute approximate surface area is 114 Å². The summed E-state index contributed by atoms with van der Waals surface area (Å²) in [7, 11) is 0. The Morgan fingerprint density at radius 3 is 2.17 bits per heavy atom. The molecular weight excluding hydrogens is 218 g/mol. The van der Waals surface area contributed by atoms with Gasteiger partial charge < -0.3 is 5.73 Å². The molecule has 1 nitrogen and oxygen atoms in total. The highest BCUT2D eigenvalue weighted by atomic mass is 14.6. The van der Waals surface area contributed by atoms with Crippen molar-refractivity contribution in [3.8, 4) is 0 Å². The average molecular weight is 251 g/mol. The molecule has 2 aliphatic carbocycles. The summed E-state index contributed by atoms with van der Waals surface area (Å²) < 4.78 is 0. The third-order valence-corrected chi connectivity index (χ3v) is 6.02. The van der Waals surface area contributed by atoms with E-state index in [1.165, 1.54) is 64.2 Å². The van der Waals surface area contributed by atoms with Crippen LogP contribution in [0.3, 0.4) is 0 Å². The van der Waals surface area contributed by atoms with E-state index in [1.807, 2.05) is 0 Å². The highest BCUT2D eigenvalue weighted by molar-refractivity contribution is 4.88. The van der Waals surface area contributed by atoms with Crippen molar-refractivity contribution in [2.45, 2.75) is 78.1 Å². The summed E-state index contributed by atoms with van der Waals surface area (Å²) in [6, 6.07) is 0. The molecule has 0 unspecified atom stereocenters. The van der Waals surface area contributed by atoms with Gasteiger partial charge in [-0.1, -0.05) is 39.5 Å². The fourth-order valence-electron chi connectivity index (χ4n) is 4.28. The molecule has 0 aliphatic heterocycles. The molecule has 0 aromatic heterocycles. The molecule has 1 heteroatoms. The van der Waals surface area contributed by atoms with Gasteiger partial charge in [-0.25, -0.2) is 0 Å². The zero-order chi connectivity index (χ0) is 13.0. The lowest BCUT2D eigenvalue weighted by molar-refractivity contribution is 0.115. The van der Waals surface area contributed by atoms with Crippen LogP contribution in [0.2, 0.25) is 0 Å². The van der Waals surface area contributed by atoms with Gasteiger partial charge in [-0.15, -0.1) is 0 Å². The van der Waals surface area contributed by atoms with Crippen molar-refractivity contribution in [3.63, 3.8) is 0 Å². The van der Waals surface area contributed by atoms with Gasteiger partial charge in [0, 0.05) is 0 Å². The van der Waals surface area contributed by atoms with Crippen LogP contribution in [0.15, 0.2) is 0 Å². The van der Waals surface area contributed by atoms with Crippen LogP contribution in [0.5, 0.6) is 0 Å². The second-order valence-corrected chi connectivity index (χ2v) is 7.47. The molecule has 0 heterocycles. The van der Waals surface area contributed by atoms with E-state index in [9.17, 15) is 0 Å². The van der Waals surface area contributed by atoms with Gasteiger partial charge in [0.2, 0.25) is 0 Å². The topological polar surface area (TPSA) is 26.0 Å². The summed E-state index contributed by atoms with van der Waals surface area (Å²) in [5.74, 6) is 2.88. The number of rotatable bonds is 5. The molecule has 18 heavy (non-hydrogen) atoms. The maximum absolute atomic E-state index is 6.14. The van der Waals surface area contributed by atoms with E-state index in [0.29, 0.717) is 5.41 Å². The molecule has 0 saturated heterocycles. The Hall–Kier alpha value is -0.0400. The highest BCUT2D eigenvalue weighted by Crippen LogP contribution is 2.45. The lowest BCUT2D eigenvalue weighted by atomic mass is 9.65. The minimum Gasteiger partial charge on any atom is -0.330 e. The van der Waals surface area contributed by atoms with E-state index in [-0.39, 0.29) is 0 Å². The van der Waals surface area contributed by atoms with E-state index in [4.69, 9.17) is 5.73 Å². The summed E-state index contributed by atoms with van der Waals surface area (Å²) in [5.41, 5.74) is 6.67. The SMILES string of the molecule is CC(C)C1CCC(CN)(CCC2CCCC2)CC1. The molecule has 0 bridgehead atoms. The van der Waals surface area contributed by atoms with Crippen LogP contribution >= 0.6 is 0 Å². The molecule has 0 atom stereocenters. The summed E-state index contributed by atoms with van der Waals surface area (Å²) in [6.45, 7) is 5.71. The molecule has 0 amide bonds. The van der Waals surface area contributed by atoms with E-state index in [2.05, 4.69) is 13.8 Å². The second kappa shape index (κ2) is 6.41. The first-order chi connectivity index (χ1) is 8.65. The normalized spacial score (nSPS) is 34.3. The average Bonchev–Trinajstić information content (AvgIpc) is 2.90. The summed E-state index contributed by atoms with van der Waals surface area (Å²) in [5, 5.41) is 0. The molecule has 0 aromatic carbocycles. The van der Waals surface area contributed by atoms with E-state index < -0.39 is 0 Å². The first-order valence-electron chi connectivity index (χ1n) is 8.35. The van der Waals surface area contributed by atoms with Gasteiger partial charge in [-0.3, -0.25) is 0 Å². The molecule has 0 aromatic rings. The fourth-order valence-corrected chi connectivity index (χ4v) is 4.28. The van der Waals surface area contributed by atoms with Crippen molar-refractivity contribution in [2.24, 2.45) is 28.9 Å². The van der Waals surface area contributed by atoms with Gasteiger partial charge >= 0.3 is 0 Å². The van der Waals surface area contributed by atoms with Crippen LogP contribution in [0, 0.1) is 23.2 Å². The lowest BCUT2D eigenvalue weighted by Crippen LogP contribution is -2.36. The molecule has 0 spiro atoms. The van der Waals surface area contributed by atoms with Gasteiger partial charge in [-0.2, -0.15) is 0 Å². The molecule has 0 radical (unpaired) electrons. The molecule has 2 N–H and O–H groups in total. The van der Waals surface area contributed by atoms with Crippen LogP contribution in [-0.2, 0) is 0 Å². The predicted molar refractivity (Wildman–Crippen MR) is 79.5 cm³/mol. The molecule has 2 rings (SSSR count).